The van der Waals surface area contributed by atoms with Gasteiger partial charge in [0.05, 0.1) is 0 Å². The Labute approximate surface area is 159 Å². The van der Waals surface area contributed by atoms with E-state index >= 15 is 0 Å². The van der Waals surface area contributed by atoms with Crippen LogP contribution in [0.15, 0.2) is 0 Å². The Hall–Kier alpha value is -0.300. The average Bonchev–Trinajstić information content (AvgIpc) is 2.62. The van der Waals surface area contributed by atoms with Crippen LogP contribution in [0, 0.1) is 5.92 Å². The Morgan fingerprint density at radius 1 is 1.12 bits per heavy atom. The molecule has 25 heavy (non-hydrogen) atoms. The van der Waals surface area contributed by atoms with Gasteiger partial charge in [-0.2, -0.15) is 0 Å². The van der Waals surface area contributed by atoms with E-state index in [9.17, 15) is 4.79 Å². The number of piperidine rings is 1. The van der Waals surface area contributed by atoms with Gasteiger partial charge in [-0.05, 0) is 25.8 Å². The zero-order chi connectivity index (χ0) is 18.2. The predicted octanol–water partition coefficient (Wildman–Crippen LogP) is 2.24. The van der Waals surface area contributed by atoms with E-state index in [2.05, 4.69) is 35.0 Å². The van der Waals surface area contributed by atoms with Gasteiger partial charge in [0, 0.05) is 70.6 Å². The van der Waals surface area contributed by atoms with E-state index in [1.165, 1.54) is 38.5 Å². The number of likely N-dealkylation sites (tertiary alicyclic amines) is 1. The SMILES string of the molecule is CCC(=O)N1CCC(N(C)CCSN2CCN(CC(C)C)CC2)CC1. The number of nitrogens with zero attached hydrogens (tertiary/aromatic N) is 4. The summed E-state index contributed by atoms with van der Waals surface area (Å²) >= 11 is 2.02. The summed E-state index contributed by atoms with van der Waals surface area (Å²) in [4.78, 5) is 18.9. The molecule has 0 N–H and O–H groups in total. The number of carbonyl (C=O) groups is 1. The summed E-state index contributed by atoms with van der Waals surface area (Å²) < 4.78 is 2.55. The molecule has 0 bridgehead atoms. The Kier molecular flexibility index (Phi) is 9.03. The van der Waals surface area contributed by atoms with Crippen LogP contribution in [0.5, 0.6) is 0 Å². The van der Waals surface area contributed by atoms with Gasteiger partial charge in [-0.1, -0.05) is 32.7 Å². The van der Waals surface area contributed by atoms with Gasteiger partial charge in [0.25, 0.3) is 0 Å². The first-order chi connectivity index (χ1) is 12.0. The number of hydrogen-bond donors (Lipinski definition) is 0. The smallest absolute Gasteiger partial charge is 0.222 e. The molecule has 0 spiro atoms. The molecule has 0 unspecified atom stereocenters. The fraction of sp³-hybridized carbons (Fsp3) is 0.947. The van der Waals surface area contributed by atoms with Crippen LogP contribution in [-0.2, 0) is 4.79 Å². The minimum absolute atomic E-state index is 0.313. The first-order valence-electron chi connectivity index (χ1n) is 10.1. The quantitative estimate of drug-likeness (QED) is 0.612. The molecule has 1 amide bonds. The van der Waals surface area contributed by atoms with Crippen LogP contribution in [0.1, 0.15) is 40.0 Å². The van der Waals surface area contributed by atoms with Crippen molar-refractivity contribution in [2.75, 3.05) is 65.2 Å². The molecule has 2 fully saturated rings. The summed E-state index contributed by atoms with van der Waals surface area (Å²) in [5.74, 6) is 2.26. The molecule has 0 atom stereocenters. The highest BCUT2D eigenvalue weighted by atomic mass is 32.2. The molecule has 0 saturated carbocycles. The van der Waals surface area contributed by atoms with E-state index in [0.29, 0.717) is 18.4 Å². The molecule has 2 rings (SSSR count). The van der Waals surface area contributed by atoms with Crippen LogP contribution in [0.4, 0.5) is 0 Å². The molecule has 2 saturated heterocycles. The third kappa shape index (κ3) is 7.08. The van der Waals surface area contributed by atoms with Gasteiger partial charge in [0.15, 0.2) is 0 Å². The van der Waals surface area contributed by atoms with E-state index in [1.54, 1.807) is 0 Å². The van der Waals surface area contributed by atoms with E-state index in [4.69, 9.17) is 0 Å². The second kappa shape index (κ2) is 10.8. The lowest BCUT2D eigenvalue weighted by Gasteiger charge is -2.37. The molecule has 146 valence electrons. The van der Waals surface area contributed by atoms with E-state index in [0.717, 1.165) is 38.4 Å². The maximum Gasteiger partial charge on any atom is 0.222 e. The van der Waals surface area contributed by atoms with Gasteiger partial charge in [0.2, 0.25) is 5.91 Å². The molecular formula is C19H38N4OS. The number of carbonyl (C=O) groups excluding carboxylic acids is 1. The van der Waals surface area contributed by atoms with E-state index in [-0.39, 0.29) is 0 Å². The van der Waals surface area contributed by atoms with Crippen LogP contribution in [0.2, 0.25) is 0 Å². The number of hydrogen-bond acceptors (Lipinski definition) is 5. The normalized spacial score (nSPS) is 21.4. The van der Waals surface area contributed by atoms with Gasteiger partial charge < -0.3 is 14.7 Å². The fourth-order valence-electron chi connectivity index (χ4n) is 3.83. The topological polar surface area (TPSA) is 30.0 Å². The van der Waals surface area contributed by atoms with Gasteiger partial charge in [0.1, 0.15) is 0 Å². The lowest BCUT2D eigenvalue weighted by Crippen LogP contribution is -2.46. The van der Waals surface area contributed by atoms with Crippen LogP contribution in [0.25, 0.3) is 0 Å². The summed E-state index contributed by atoms with van der Waals surface area (Å²) in [5.41, 5.74) is 0. The van der Waals surface area contributed by atoms with Crippen molar-refractivity contribution in [3.05, 3.63) is 0 Å². The fourth-order valence-corrected chi connectivity index (χ4v) is 4.88. The average molecular weight is 371 g/mol. The highest BCUT2D eigenvalue weighted by Gasteiger charge is 2.24. The van der Waals surface area contributed by atoms with Crippen LogP contribution >= 0.6 is 11.9 Å². The number of piperazine rings is 1. The van der Waals surface area contributed by atoms with Crippen molar-refractivity contribution in [3.63, 3.8) is 0 Å². The maximum absolute atomic E-state index is 11.8. The molecule has 2 aliphatic heterocycles. The Morgan fingerprint density at radius 3 is 2.32 bits per heavy atom. The predicted molar refractivity (Wildman–Crippen MR) is 108 cm³/mol. The second-order valence-electron chi connectivity index (χ2n) is 7.90. The highest BCUT2D eigenvalue weighted by Crippen LogP contribution is 2.18. The molecule has 2 heterocycles. The molecule has 0 aromatic heterocycles. The largest absolute Gasteiger partial charge is 0.343 e. The Bertz CT molecular complexity index is 391. The van der Waals surface area contributed by atoms with Crippen molar-refractivity contribution >= 4 is 17.9 Å². The van der Waals surface area contributed by atoms with Gasteiger partial charge in [-0.25, -0.2) is 4.31 Å². The Balaban J connectivity index is 1.57. The number of rotatable bonds is 8. The first-order valence-corrected chi connectivity index (χ1v) is 11.0. The monoisotopic (exact) mass is 370 g/mol. The summed E-state index contributed by atoms with van der Waals surface area (Å²) in [7, 11) is 2.25. The van der Waals surface area contributed by atoms with Crippen LogP contribution < -0.4 is 0 Å². The number of amides is 1. The van der Waals surface area contributed by atoms with Gasteiger partial charge in [-0.15, -0.1) is 0 Å². The summed E-state index contributed by atoms with van der Waals surface area (Å²) in [5, 5.41) is 0. The van der Waals surface area contributed by atoms with E-state index in [1.807, 2.05) is 23.8 Å². The second-order valence-corrected chi connectivity index (χ2v) is 9.09. The summed E-state index contributed by atoms with van der Waals surface area (Å²) in [6.45, 7) is 15.6. The molecule has 2 aliphatic rings. The minimum Gasteiger partial charge on any atom is -0.343 e. The zero-order valence-corrected chi connectivity index (χ0v) is 17.6. The van der Waals surface area contributed by atoms with Crippen molar-refractivity contribution in [1.82, 2.24) is 19.0 Å². The van der Waals surface area contributed by atoms with Crippen molar-refractivity contribution in [2.45, 2.75) is 46.1 Å². The molecule has 0 aliphatic carbocycles. The van der Waals surface area contributed by atoms with Gasteiger partial charge >= 0.3 is 0 Å². The molecular weight excluding hydrogens is 332 g/mol. The summed E-state index contributed by atoms with van der Waals surface area (Å²) in [6, 6.07) is 0.643. The highest BCUT2D eigenvalue weighted by molar-refractivity contribution is 7.97. The van der Waals surface area contributed by atoms with Crippen molar-refractivity contribution in [3.8, 4) is 0 Å². The van der Waals surface area contributed by atoms with E-state index < -0.39 is 0 Å². The lowest BCUT2D eigenvalue weighted by molar-refractivity contribution is -0.132. The van der Waals surface area contributed by atoms with Crippen molar-refractivity contribution < 1.29 is 4.79 Å². The third-order valence-corrected chi connectivity index (χ3v) is 6.51. The molecule has 0 radical (unpaired) electrons. The third-order valence-electron chi connectivity index (χ3n) is 5.42. The van der Waals surface area contributed by atoms with Crippen LogP contribution in [-0.4, -0.2) is 96.1 Å². The Morgan fingerprint density at radius 2 is 1.76 bits per heavy atom. The standard InChI is InChI=1S/C19H38N4OS/c1-5-19(24)22-8-6-18(7-9-22)20(4)14-15-25-23-12-10-21(11-13-23)16-17(2)3/h17-18H,5-16H2,1-4H3. The van der Waals surface area contributed by atoms with Gasteiger partial charge in [-0.3, -0.25) is 4.79 Å². The lowest BCUT2D eigenvalue weighted by atomic mass is 10.0. The van der Waals surface area contributed by atoms with Crippen molar-refractivity contribution in [1.29, 1.82) is 0 Å². The zero-order valence-electron chi connectivity index (χ0n) is 16.7. The van der Waals surface area contributed by atoms with Crippen LogP contribution in [0.3, 0.4) is 0 Å². The van der Waals surface area contributed by atoms with Crippen molar-refractivity contribution in [2.24, 2.45) is 5.92 Å². The first kappa shape index (κ1) is 21.0. The molecule has 6 heteroatoms. The maximum atomic E-state index is 11.8. The molecule has 0 aromatic rings. The molecule has 0 aromatic carbocycles. The minimum atomic E-state index is 0.313. The summed E-state index contributed by atoms with van der Waals surface area (Å²) in [6.07, 6.45) is 2.89. The molecule has 5 nitrogen and oxygen atoms in total.